The van der Waals surface area contributed by atoms with Crippen molar-refractivity contribution in [2.24, 2.45) is 0 Å². The van der Waals surface area contributed by atoms with Gasteiger partial charge in [-0.05, 0) is 61.9 Å². The lowest BCUT2D eigenvalue weighted by atomic mass is 10.1. The van der Waals surface area contributed by atoms with E-state index in [0.29, 0.717) is 41.1 Å². The lowest BCUT2D eigenvalue weighted by molar-refractivity contribution is -0.189. The Balaban J connectivity index is 0.925. The van der Waals surface area contributed by atoms with E-state index in [9.17, 15) is 4.79 Å². The van der Waals surface area contributed by atoms with Crippen LogP contribution in [0.3, 0.4) is 0 Å². The van der Waals surface area contributed by atoms with E-state index in [0.717, 1.165) is 49.9 Å². The largest absolute Gasteiger partial charge is 0.491 e. The molecule has 49 heavy (non-hydrogen) atoms. The van der Waals surface area contributed by atoms with Crippen LogP contribution in [0.5, 0.6) is 5.75 Å². The topological polar surface area (TPSA) is 105 Å². The van der Waals surface area contributed by atoms with E-state index in [4.69, 9.17) is 37.4 Å². The highest BCUT2D eigenvalue weighted by Crippen LogP contribution is 2.40. The second-order valence-electron chi connectivity index (χ2n) is 12.3. The molecule has 256 valence electrons. The maximum atomic E-state index is 12.8. The number of imidazole rings is 1. The normalized spacial score (nSPS) is 20.1. The summed E-state index contributed by atoms with van der Waals surface area (Å²) in [6.07, 6.45) is 9.10. The Labute approximate surface area is 294 Å². The zero-order chi connectivity index (χ0) is 34.0. The summed E-state index contributed by atoms with van der Waals surface area (Å²) < 4.78 is 23.9. The van der Waals surface area contributed by atoms with E-state index in [1.807, 2.05) is 54.9 Å². The van der Waals surface area contributed by atoms with Gasteiger partial charge in [0.15, 0.2) is 0 Å². The van der Waals surface area contributed by atoms with Crippen molar-refractivity contribution in [1.82, 2.24) is 28.9 Å². The Morgan fingerprint density at radius 3 is 2.47 bits per heavy atom. The zero-order valence-electron chi connectivity index (χ0n) is 27.4. The fraction of sp³-hybridized carbons (Fsp3) is 0.371. The number of hydrogen-bond acceptors (Lipinski definition) is 9. The molecule has 2 saturated heterocycles. The number of piperazine rings is 1. The van der Waals surface area contributed by atoms with E-state index in [2.05, 4.69) is 37.0 Å². The van der Waals surface area contributed by atoms with Crippen LogP contribution in [0.25, 0.3) is 5.69 Å². The minimum absolute atomic E-state index is 0.0458. The van der Waals surface area contributed by atoms with Gasteiger partial charge in [-0.15, -0.1) is 0 Å². The van der Waals surface area contributed by atoms with Crippen LogP contribution < -0.4 is 20.2 Å². The minimum Gasteiger partial charge on any atom is -0.491 e. The zero-order valence-corrected chi connectivity index (χ0v) is 28.9. The molecule has 5 heterocycles. The number of benzene rings is 2. The third-order valence-electron chi connectivity index (χ3n) is 9.10. The van der Waals surface area contributed by atoms with Crippen LogP contribution in [0, 0.1) is 0 Å². The predicted octanol–water partition coefficient (Wildman–Crippen LogP) is 5.58. The van der Waals surface area contributed by atoms with Gasteiger partial charge in [0.2, 0.25) is 5.79 Å². The number of ether oxygens (including phenoxy) is 3. The molecule has 0 saturated carbocycles. The van der Waals surface area contributed by atoms with Gasteiger partial charge in [0.25, 0.3) is 0 Å². The first-order valence-electron chi connectivity index (χ1n) is 16.4. The summed E-state index contributed by atoms with van der Waals surface area (Å²) in [5.41, 5.74) is 2.38. The molecule has 0 spiro atoms. The van der Waals surface area contributed by atoms with Gasteiger partial charge in [0.05, 0.1) is 42.4 Å². The first-order chi connectivity index (χ1) is 23.8. The average molecular weight is 706 g/mol. The molecule has 0 amide bonds. The van der Waals surface area contributed by atoms with Crippen molar-refractivity contribution in [2.45, 2.75) is 44.7 Å². The van der Waals surface area contributed by atoms with E-state index in [1.54, 1.807) is 37.2 Å². The molecule has 3 aromatic heterocycles. The molecule has 2 fully saturated rings. The molecule has 14 heteroatoms. The smallest absolute Gasteiger partial charge is 0.350 e. The van der Waals surface area contributed by atoms with Gasteiger partial charge in [-0.2, -0.15) is 5.10 Å². The molecule has 0 N–H and O–H groups in total. The number of pyridine rings is 1. The minimum atomic E-state index is -1.10. The second-order valence-corrected chi connectivity index (χ2v) is 13.1. The molecule has 3 atom stereocenters. The van der Waals surface area contributed by atoms with Crippen molar-refractivity contribution in [3.8, 4) is 11.4 Å². The molecule has 2 aromatic carbocycles. The standard InChI is InChI=1S/C35H38Cl2N8O4/c1-3-25(2)45-34(46)44(24-40-45)28-7-11-33(39-19-28)43-16-14-42(15-17-43)27-5-8-29(9-6-27)47-20-30-21-48-35(49-30,22-41-13-12-38-23-41)31-10-4-26(36)18-32(31)37/h4-13,18-19,23-25,30H,3,14-17,20-22H2,1-2H3/t25?,30-,35-/m1/s1. The van der Waals surface area contributed by atoms with Crippen LogP contribution in [0.1, 0.15) is 31.9 Å². The van der Waals surface area contributed by atoms with Crippen LogP contribution in [0.15, 0.2) is 90.6 Å². The number of nitrogens with zero attached hydrogens (tertiary/aromatic N) is 8. The van der Waals surface area contributed by atoms with Gasteiger partial charge < -0.3 is 28.6 Å². The Hall–Kier alpha value is -4.36. The average Bonchev–Trinajstić information content (AvgIpc) is 3.88. The van der Waals surface area contributed by atoms with Crippen molar-refractivity contribution >= 4 is 34.7 Å². The Morgan fingerprint density at radius 2 is 1.78 bits per heavy atom. The lowest BCUT2D eigenvalue weighted by Crippen LogP contribution is -2.46. The van der Waals surface area contributed by atoms with Gasteiger partial charge in [0.1, 0.15) is 30.6 Å². The molecule has 1 unspecified atom stereocenters. The number of hydrogen-bond donors (Lipinski definition) is 0. The Kier molecular flexibility index (Phi) is 9.64. The summed E-state index contributed by atoms with van der Waals surface area (Å²) in [4.78, 5) is 26.2. The van der Waals surface area contributed by atoms with Crippen molar-refractivity contribution in [2.75, 3.05) is 49.2 Å². The molecule has 5 aromatic rings. The van der Waals surface area contributed by atoms with E-state index in [1.165, 1.54) is 9.25 Å². The molecular weight excluding hydrogens is 667 g/mol. The van der Waals surface area contributed by atoms with Gasteiger partial charge in [-0.3, -0.25) is 0 Å². The lowest BCUT2D eigenvalue weighted by Gasteiger charge is -2.36. The molecule has 0 radical (unpaired) electrons. The van der Waals surface area contributed by atoms with Gasteiger partial charge in [-0.25, -0.2) is 24.0 Å². The summed E-state index contributed by atoms with van der Waals surface area (Å²) in [6.45, 7) is 8.41. The first-order valence-corrected chi connectivity index (χ1v) is 17.2. The molecule has 12 nitrogen and oxygen atoms in total. The van der Waals surface area contributed by atoms with Crippen LogP contribution in [-0.2, 0) is 21.8 Å². The number of halogens is 2. The Morgan fingerprint density at radius 1 is 1.00 bits per heavy atom. The SMILES string of the molecule is CCC(C)n1ncn(-c2ccc(N3CCN(c4ccc(OC[C@@H]5CO[C@@](Cn6ccnc6)(c6ccc(Cl)cc6Cl)O5)cc4)CC3)nc2)c1=O. The van der Waals surface area contributed by atoms with E-state index in [-0.39, 0.29) is 17.8 Å². The van der Waals surface area contributed by atoms with Crippen LogP contribution in [-0.4, -0.2) is 74.4 Å². The monoisotopic (exact) mass is 704 g/mol. The molecule has 0 aliphatic carbocycles. The fourth-order valence-corrected chi connectivity index (χ4v) is 6.74. The molecule has 2 aliphatic heterocycles. The maximum Gasteiger partial charge on any atom is 0.350 e. The van der Waals surface area contributed by atoms with Gasteiger partial charge in [-0.1, -0.05) is 36.2 Å². The summed E-state index contributed by atoms with van der Waals surface area (Å²) in [5, 5.41) is 5.28. The predicted molar refractivity (Wildman–Crippen MR) is 188 cm³/mol. The highest BCUT2D eigenvalue weighted by molar-refractivity contribution is 6.35. The Bertz CT molecular complexity index is 1910. The van der Waals surface area contributed by atoms with Crippen LogP contribution >= 0.6 is 23.2 Å². The summed E-state index contributed by atoms with van der Waals surface area (Å²) in [7, 11) is 0. The fourth-order valence-electron chi connectivity index (χ4n) is 6.19. The van der Waals surface area contributed by atoms with Gasteiger partial charge in [0, 0.05) is 54.8 Å². The number of aromatic nitrogens is 6. The number of rotatable bonds is 11. The van der Waals surface area contributed by atoms with Crippen LogP contribution in [0.4, 0.5) is 11.5 Å². The van der Waals surface area contributed by atoms with Crippen molar-refractivity contribution in [3.05, 3.63) is 112 Å². The van der Waals surface area contributed by atoms with E-state index < -0.39 is 5.79 Å². The van der Waals surface area contributed by atoms with Crippen molar-refractivity contribution < 1.29 is 14.2 Å². The van der Waals surface area contributed by atoms with Crippen LogP contribution in [0.2, 0.25) is 10.0 Å². The summed E-state index contributed by atoms with van der Waals surface area (Å²) in [6, 6.07) is 17.4. The van der Waals surface area contributed by atoms with Gasteiger partial charge >= 0.3 is 5.69 Å². The third kappa shape index (κ3) is 7.04. The van der Waals surface area contributed by atoms with E-state index >= 15 is 0 Å². The molecule has 0 bridgehead atoms. The van der Waals surface area contributed by atoms with Crippen molar-refractivity contribution in [1.29, 1.82) is 0 Å². The maximum absolute atomic E-state index is 12.8. The highest BCUT2D eigenvalue weighted by Gasteiger charge is 2.45. The molecular formula is C35H38Cl2N8O4. The molecule has 2 aliphatic rings. The summed E-state index contributed by atoms with van der Waals surface area (Å²) in [5.74, 6) is 0.539. The molecule has 7 rings (SSSR count). The third-order valence-corrected chi connectivity index (χ3v) is 9.65. The highest BCUT2D eigenvalue weighted by atomic mass is 35.5. The second kappa shape index (κ2) is 14.2. The summed E-state index contributed by atoms with van der Waals surface area (Å²) >= 11 is 12.8. The number of anilines is 2. The first kappa shape index (κ1) is 33.2. The van der Waals surface area contributed by atoms with Crippen molar-refractivity contribution in [3.63, 3.8) is 0 Å². The quantitative estimate of drug-likeness (QED) is 0.174.